The molecule has 0 saturated heterocycles. The third-order valence-corrected chi connectivity index (χ3v) is 3.63. The number of sulfonamides is 1. The van der Waals surface area contributed by atoms with Crippen LogP contribution in [-0.4, -0.2) is 19.2 Å². The molecule has 0 fully saturated rings. The first-order valence-electron chi connectivity index (χ1n) is 4.33. The van der Waals surface area contributed by atoms with Crippen molar-refractivity contribution in [2.24, 2.45) is 0 Å². The van der Waals surface area contributed by atoms with E-state index in [0.717, 1.165) is 0 Å². The van der Waals surface area contributed by atoms with Crippen LogP contribution in [0, 0.1) is 0 Å². The average Bonchev–Trinajstić information content (AvgIpc) is 1.82. The molecule has 0 bridgehead atoms. The minimum absolute atomic E-state index is 0.408. The summed E-state index contributed by atoms with van der Waals surface area (Å²) in [7, 11) is -3.20. The molecule has 0 spiro atoms. The van der Waals surface area contributed by atoms with Crippen LogP contribution in [-0.2, 0) is 10.0 Å². The molecule has 1 atom stereocenters. The van der Waals surface area contributed by atoms with Gasteiger partial charge in [0.2, 0.25) is 10.0 Å². The first-order chi connectivity index (χ1) is 5.69. The summed E-state index contributed by atoms with van der Waals surface area (Å²) in [6, 6.07) is 0. The van der Waals surface area contributed by atoms with Gasteiger partial charge in [0.05, 0.1) is 5.25 Å². The average molecular weight is 205 g/mol. The lowest BCUT2D eigenvalue weighted by molar-refractivity contribution is 0.485. The Hall–Kier alpha value is -0.350. The van der Waals surface area contributed by atoms with Crippen LogP contribution < -0.4 is 4.72 Å². The summed E-state index contributed by atoms with van der Waals surface area (Å²) in [4.78, 5) is 0. The maximum atomic E-state index is 11.6. The molecule has 1 N–H and O–H groups in total. The van der Waals surface area contributed by atoms with Crippen LogP contribution in [0.4, 0.5) is 0 Å². The smallest absolute Gasteiger partial charge is 0.212 e. The summed E-state index contributed by atoms with van der Waals surface area (Å²) >= 11 is 0. The summed E-state index contributed by atoms with van der Waals surface area (Å²) in [5.41, 5.74) is -0.408. The minimum atomic E-state index is -3.20. The first kappa shape index (κ1) is 12.7. The highest BCUT2D eigenvalue weighted by atomic mass is 32.2. The van der Waals surface area contributed by atoms with Gasteiger partial charge in [-0.2, -0.15) is 0 Å². The van der Waals surface area contributed by atoms with Crippen molar-refractivity contribution in [1.29, 1.82) is 0 Å². The van der Waals surface area contributed by atoms with Crippen LogP contribution in [0.15, 0.2) is 12.7 Å². The SMILES string of the molecule is C=CCC(C)S(=O)(=O)NC(C)(C)C. The van der Waals surface area contributed by atoms with Gasteiger partial charge in [-0.15, -0.1) is 6.58 Å². The lowest BCUT2D eigenvalue weighted by atomic mass is 10.1. The van der Waals surface area contributed by atoms with Crippen molar-refractivity contribution in [3.05, 3.63) is 12.7 Å². The van der Waals surface area contributed by atoms with Crippen LogP contribution in [0.5, 0.6) is 0 Å². The van der Waals surface area contributed by atoms with Crippen molar-refractivity contribution in [1.82, 2.24) is 4.72 Å². The molecule has 3 nitrogen and oxygen atoms in total. The molecular weight excluding hydrogens is 186 g/mol. The van der Waals surface area contributed by atoms with Crippen molar-refractivity contribution in [2.75, 3.05) is 0 Å². The standard InChI is InChI=1S/C9H19NO2S/c1-6-7-8(2)13(11,12)10-9(3,4)5/h6,8,10H,1,7H2,2-5H3. The number of rotatable bonds is 4. The van der Waals surface area contributed by atoms with E-state index in [1.54, 1.807) is 13.0 Å². The summed E-state index contributed by atoms with van der Waals surface area (Å²) in [5.74, 6) is 0. The lowest BCUT2D eigenvalue weighted by Crippen LogP contribution is -2.44. The van der Waals surface area contributed by atoms with Gasteiger partial charge in [-0.3, -0.25) is 0 Å². The lowest BCUT2D eigenvalue weighted by Gasteiger charge is -2.22. The molecule has 0 aliphatic heterocycles. The molecule has 0 heterocycles. The zero-order valence-corrected chi connectivity index (χ0v) is 9.61. The van der Waals surface area contributed by atoms with Crippen LogP contribution >= 0.6 is 0 Å². The molecule has 0 aliphatic carbocycles. The molecule has 0 aromatic carbocycles. The Kier molecular flexibility index (Phi) is 4.13. The molecule has 0 amide bonds. The van der Waals surface area contributed by atoms with Crippen LogP contribution in [0.2, 0.25) is 0 Å². The van der Waals surface area contributed by atoms with E-state index in [4.69, 9.17) is 0 Å². The monoisotopic (exact) mass is 205 g/mol. The van der Waals surface area contributed by atoms with E-state index in [2.05, 4.69) is 11.3 Å². The summed E-state index contributed by atoms with van der Waals surface area (Å²) < 4.78 is 25.8. The van der Waals surface area contributed by atoms with E-state index >= 15 is 0 Å². The fraction of sp³-hybridized carbons (Fsp3) is 0.778. The van der Waals surface area contributed by atoms with Gasteiger partial charge in [-0.1, -0.05) is 6.08 Å². The Labute approximate surface area is 81.3 Å². The van der Waals surface area contributed by atoms with Gasteiger partial charge in [-0.05, 0) is 34.1 Å². The zero-order valence-electron chi connectivity index (χ0n) is 8.79. The molecule has 0 aliphatic rings. The summed E-state index contributed by atoms with van der Waals surface area (Å²) in [5, 5.41) is -0.413. The number of nitrogens with one attached hydrogen (secondary N) is 1. The summed E-state index contributed by atoms with van der Waals surface area (Å²) in [6.45, 7) is 10.7. The largest absolute Gasteiger partial charge is 0.214 e. The molecule has 1 unspecified atom stereocenters. The number of hydrogen-bond acceptors (Lipinski definition) is 2. The molecule has 0 aromatic heterocycles. The molecule has 0 rings (SSSR count). The number of allylic oxidation sites excluding steroid dienone is 1. The predicted molar refractivity (Wildman–Crippen MR) is 56.1 cm³/mol. The van der Waals surface area contributed by atoms with E-state index in [1.807, 2.05) is 20.8 Å². The Morgan fingerprint density at radius 1 is 1.46 bits per heavy atom. The molecule has 0 aromatic rings. The Balaban J connectivity index is 4.50. The van der Waals surface area contributed by atoms with Crippen molar-refractivity contribution in [2.45, 2.75) is 44.9 Å². The summed E-state index contributed by atoms with van der Waals surface area (Å²) in [6.07, 6.45) is 2.10. The fourth-order valence-corrected chi connectivity index (χ4v) is 2.33. The highest BCUT2D eigenvalue weighted by Crippen LogP contribution is 2.09. The Morgan fingerprint density at radius 2 is 1.92 bits per heavy atom. The van der Waals surface area contributed by atoms with Crippen LogP contribution in [0.3, 0.4) is 0 Å². The first-order valence-corrected chi connectivity index (χ1v) is 5.87. The van der Waals surface area contributed by atoms with Gasteiger partial charge in [0, 0.05) is 5.54 Å². The second kappa shape index (κ2) is 4.24. The zero-order chi connectivity index (χ0) is 10.7. The quantitative estimate of drug-likeness (QED) is 0.710. The maximum Gasteiger partial charge on any atom is 0.214 e. The minimum Gasteiger partial charge on any atom is -0.212 e. The highest BCUT2D eigenvalue weighted by molar-refractivity contribution is 7.90. The van der Waals surface area contributed by atoms with E-state index < -0.39 is 20.8 Å². The van der Waals surface area contributed by atoms with E-state index in [0.29, 0.717) is 6.42 Å². The van der Waals surface area contributed by atoms with Gasteiger partial charge < -0.3 is 0 Å². The Morgan fingerprint density at radius 3 is 2.23 bits per heavy atom. The van der Waals surface area contributed by atoms with Gasteiger partial charge in [0.1, 0.15) is 0 Å². The third kappa shape index (κ3) is 5.05. The Bertz CT molecular complexity index is 262. The van der Waals surface area contributed by atoms with Crippen LogP contribution in [0.25, 0.3) is 0 Å². The molecule has 0 radical (unpaired) electrons. The third-order valence-electron chi connectivity index (χ3n) is 1.48. The van der Waals surface area contributed by atoms with Gasteiger partial charge >= 0.3 is 0 Å². The maximum absolute atomic E-state index is 11.6. The van der Waals surface area contributed by atoms with E-state index in [1.165, 1.54) is 0 Å². The van der Waals surface area contributed by atoms with Crippen molar-refractivity contribution in [3.63, 3.8) is 0 Å². The fourth-order valence-electron chi connectivity index (χ4n) is 0.889. The van der Waals surface area contributed by atoms with Crippen LogP contribution in [0.1, 0.15) is 34.1 Å². The predicted octanol–water partition coefficient (Wildman–Crippen LogP) is 1.67. The molecule has 78 valence electrons. The molecular formula is C9H19NO2S. The van der Waals surface area contributed by atoms with Crippen molar-refractivity contribution in [3.8, 4) is 0 Å². The van der Waals surface area contributed by atoms with Crippen molar-refractivity contribution >= 4 is 10.0 Å². The van der Waals surface area contributed by atoms with Gasteiger partial charge in [-0.25, -0.2) is 13.1 Å². The normalized spacial score (nSPS) is 15.4. The molecule has 0 saturated carbocycles. The molecule has 4 heteroatoms. The topological polar surface area (TPSA) is 46.2 Å². The van der Waals surface area contributed by atoms with Gasteiger partial charge in [0.25, 0.3) is 0 Å². The second-order valence-electron chi connectivity index (χ2n) is 4.23. The van der Waals surface area contributed by atoms with Crippen molar-refractivity contribution < 1.29 is 8.42 Å². The molecule has 13 heavy (non-hydrogen) atoms. The van der Waals surface area contributed by atoms with Gasteiger partial charge in [0.15, 0.2) is 0 Å². The number of hydrogen-bond donors (Lipinski definition) is 1. The van der Waals surface area contributed by atoms with E-state index in [-0.39, 0.29) is 0 Å². The highest BCUT2D eigenvalue weighted by Gasteiger charge is 2.24. The second-order valence-corrected chi connectivity index (χ2v) is 6.33. The van der Waals surface area contributed by atoms with E-state index in [9.17, 15) is 8.42 Å².